The second-order valence-electron chi connectivity index (χ2n) is 5.67. The molecule has 1 amide bonds. The Labute approximate surface area is 124 Å². The van der Waals surface area contributed by atoms with Crippen molar-refractivity contribution in [2.45, 2.75) is 33.3 Å². The maximum absolute atomic E-state index is 12.0. The van der Waals surface area contributed by atoms with Gasteiger partial charge >= 0.3 is 12.1 Å². The van der Waals surface area contributed by atoms with Crippen LogP contribution in [-0.2, 0) is 9.53 Å². The molecular formula is C15H21NO5. The van der Waals surface area contributed by atoms with Crippen LogP contribution in [0.3, 0.4) is 0 Å². The Morgan fingerprint density at radius 1 is 1.29 bits per heavy atom. The molecule has 0 saturated heterocycles. The first-order chi connectivity index (χ1) is 9.60. The number of carboxylic acid groups (broad SMARTS) is 1. The van der Waals surface area contributed by atoms with E-state index in [0.29, 0.717) is 11.4 Å². The summed E-state index contributed by atoms with van der Waals surface area (Å²) >= 11 is 0. The zero-order valence-electron chi connectivity index (χ0n) is 13.0. The highest BCUT2D eigenvalue weighted by Gasteiger charge is 2.20. The first kappa shape index (κ1) is 16.8. The lowest BCUT2D eigenvalue weighted by molar-refractivity contribution is -0.139. The van der Waals surface area contributed by atoms with Crippen LogP contribution in [0.4, 0.5) is 10.5 Å². The molecule has 1 aromatic rings. The SMILES string of the molecule is Cc1cc(N(C)C(=O)OC(C)(C)C)ccc1OCC(=O)O. The predicted molar refractivity (Wildman–Crippen MR) is 78.9 cm³/mol. The van der Waals surface area contributed by atoms with Gasteiger partial charge in [0.25, 0.3) is 0 Å². The molecule has 0 aromatic heterocycles. The van der Waals surface area contributed by atoms with E-state index in [1.54, 1.807) is 52.9 Å². The highest BCUT2D eigenvalue weighted by atomic mass is 16.6. The molecule has 1 rings (SSSR count). The zero-order valence-corrected chi connectivity index (χ0v) is 13.0. The molecule has 0 spiro atoms. The summed E-state index contributed by atoms with van der Waals surface area (Å²) in [5.41, 5.74) is 0.818. The zero-order chi connectivity index (χ0) is 16.2. The molecule has 0 saturated carbocycles. The van der Waals surface area contributed by atoms with Gasteiger partial charge in [0, 0.05) is 12.7 Å². The number of anilines is 1. The fraction of sp³-hybridized carbons (Fsp3) is 0.467. The Hall–Kier alpha value is -2.24. The Balaban J connectivity index is 2.83. The molecule has 116 valence electrons. The van der Waals surface area contributed by atoms with E-state index in [2.05, 4.69) is 0 Å². The van der Waals surface area contributed by atoms with Crippen molar-refractivity contribution in [3.63, 3.8) is 0 Å². The maximum atomic E-state index is 12.0. The average molecular weight is 295 g/mol. The van der Waals surface area contributed by atoms with Gasteiger partial charge in [-0.2, -0.15) is 0 Å². The van der Waals surface area contributed by atoms with Gasteiger partial charge in [-0.15, -0.1) is 0 Å². The molecule has 21 heavy (non-hydrogen) atoms. The van der Waals surface area contributed by atoms with Crippen LogP contribution in [0, 0.1) is 6.92 Å². The van der Waals surface area contributed by atoms with Crippen LogP contribution in [0.2, 0.25) is 0 Å². The normalized spacial score (nSPS) is 10.9. The number of aryl methyl sites for hydroxylation is 1. The third kappa shape index (κ3) is 5.33. The fourth-order valence-corrected chi connectivity index (χ4v) is 1.58. The summed E-state index contributed by atoms with van der Waals surface area (Å²) in [5.74, 6) is -0.567. The summed E-state index contributed by atoms with van der Waals surface area (Å²) in [6.07, 6.45) is -0.457. The number of carbonyl (C=O) groups is 2. The number of carboxylic acids is 1. The largest absolute Gasteiger partial charge is 0.482 e. The van der Waals surface area contributed by atoms with E-state index in [0.717, 1.165) is 5.56 Å². The minimum absolute atomic E-state index is 0.401. The van der Waals surface area contributed by atoms with Crippen LogP contribution in [0.1, 0.15) is 26.3 Å². The van der Waals surface area contributed by atoms with Gasteiger partial charge in [0.05, 0.1) is 0 Å². The Bertz CT molecular complexity index is 533. The Morgan fingerprint density at radius 3 is 2.38 bits per heavy atom. The molecule has 0 bridgehead atoms. The molecule has 0 heterocycles. The molecule has 0 aliphatic heterocycles. The quantitative estimate of drug-likeness (QED) is 0.924. The number of ether oxygens (including phenoxy) is 2. The van der Waals surface area contributed by atoms with Crippen molar-refractivity contribution in [2.75, 3.05) is 18.6 Å². The van der Waals surface area contributed by atoms with Crippen LogP contribution in [0.15, 0.2) is 18.2 Å². The Morgan fingerprint density at radius 2 is 1.90 bits per heavy atom. The van der Waals surface area contributed by atoms with Crippen molar-refractivity contribution in [3.8, 4) is 5.75 Å². The molecule has 0 aliphatic carbocycles. The van der Waals surface area contributed by atoms with Gasteiger partial charge in [-0.3, -0.25) is 4.90 Å². The molecule has 0 radical (unpaired) electrons. The summed E-state index contributed by atoms with van der Waals surface area (Å²) in [4.78, 5) is 23.8. The lowest BCUT2D eigenvalue weighted by Gasteiger charge is -2.25. The minimum Gasteiger partial charge on any atom is -0.482 e. The standard InChI is InChI=1S/C15H21NO5/c1-10-8-11(6-7-12(10)20-9-13(17)18)16(5)14(19)21-15(2,3)4/h6-8H,9H2,1-5H3,(H,17,18). The van der Waals surface area contributed by atoms with Crippen LogP contribution in [0.5, 0.6) is 5.75 Å². The van der Waals surface area contributed by atoms with Gasteiger partial charge in [-0.1, -0.05) is 0 Å². The number of amides is 1. The highest BCUT2D eigenvalue weighted by Crippen LogP contribution is 2.25. The van der Waals surface area contributed by atoms with Crippen molar-refractivity contribution in [1.82, 2.24) is 0 Å². The summed E-state index contributed by atoms with van der Waals surface area (Å²) < 4.78 is 10.4. The number of hydrogen-bond donors (Lipinski definition) is 1. The van der Waals surface area contributed by atoms with Crippen LogP contribution in [0.25, 0.3) is 0 Å². The second kappa shape index (κ2) is 6.47. The highest BCUT2D eigenvalue weighted by molar-refractivity contribution is 5.87. The Kier molecular flexibility index (Phi) is 5.18. The summed E-state index contributed by atoms with van der Waals surface area (Å²) in [7, 11) is 1.61. The summed E-state index contributed by atoms with van der Waals surface area (Å²) in [6, 6.07) is 5.05. The van der Waals surface area contributed by atoms with E-state index in [4.69, 9.17) is 14.6 Å². The van der Waals surface area contributed by atoms with E-state index >= 15 is 0 Å². The first-order valence-electron chi connectivity index (χ1n) is 6.52. The molecule has 0 aliphatic rings. The lowest BCUT2D eigenvalue weighted by atomic mass is 10.2. The number of benzene rings is 1. The molecule has 0 unspecified atom stereocenters. The van der Waals surface area contributed by atoms with Crippen molar-refractivity contribution in [3.05, 3.63) is 23.8 Å². The van der Waals surface area contributed by atoms with Crippen LogP contribution >= 0.6 is 0 Å². The van der Waals surface area contributed by atoms with Crippen molar-refractivity contribution in [1.29, 1.82) is 0 Å². The van der Waals surface area contributed by atoms with Crippen molar-refractivity contribution in [2.24, 2.45) is 0 Å². The first-order valence-corrected chi connectivity index (χ1v) is 6.52. The number of rotatable bonds is 4. The van der Waals surface area contributed by atoms with Gasteiger partial charge < -0.3 is 14.6 Å². The van der Waals surface area contributed by atoms with Crippen LogP contribution < -0.4 is 9.64 Å². The van der Waals surface area contributed by atoms with E-state index < -0.39 is 24.3 Å². The number of aliphatic carboxylic acids is 1. The molecular weight excluding hydrogens is 274 g/mol. The van der Waals surface area contributed by atoms with E-state index in [9.17, 15) is 9.59 Å². The summed E-state index contributed by atoms with van der Waals surface area (Å²) in [6.45, 7) is 6.78. The molecule has 0 atom stereocenters. The van der Waals surface area contributed by atoms with Gasteiger partial charge in [-0.05, 0) is 51.5 Å². The van der Waals surface area contributed by atoms with Gasteiger partial charge in [0.1, 0.15) is 11.4 Å². The fourth-order valence-electron chi connectivity index (χ4n) is 1.58. The van der Waals surface area contributed by atoms with Gasteiger partial charge in [-0.25, -0.2) is 9.59 Å². The molecule has 0 fully saturated rings. The smallest absolute Gasteiger partial charge is 0.414 e. The van der Waals surface area contributed by atoms with Crippen molar-refractivity contribution < 1.29 is 24.2 Å². The van der Waals surface area contributed by atoms with E-state index in [-0.39, 0.29) is 0 Å². The molecule has 1 N–H and O–H groups in total. The lowest BCUT2D eigenvalue weighted by Crippen LogP contribution is -2.34. The van der Waals surface area contributed by atoms with Crippen LogP contribution in [-0.4, -0.2) is 36.4 Å². The summed E-state index contributed by atoms with van der Waals surface area (Å²) in [5, 5.41) is 8.59. The topological polar surface area (TPSA) is 76.1 Å². The third-order valence-corrected chi connectivity index (χ3v) is 2.56. The minimum atomic E-state index is -1.04. The van der Waals surface area contributed by atoms with Gasteiger partial charge in [0.2, 0.25) is 0 Å². The number of nitrogens with zero attached hydrogens (tertiary/aromatic N) is 1. The number of carbonyl (C=O) groups excluding carboxylic acids is 1. The monoisotopic (exact) mass is 295 g/mol. The van der Waals surface area contributed by atoms with Gasteiger partial charge in [0.15, 0.2) is 6.61 Å². The number of hydrogen-bond acceptors (Lipinski definition) is 4. The molecule has 6 nitrogen and oxygen atoms in total. The molecule has 6 heteroatoms. The third-order valence-electron chi connectivity index (χ3n) is 2.56. The van der Waals surface area contributed by atoms with Crippen molar-refractivity contribution >= 4 is 17.7 Å². The molecule has 1 aromatic carbocycles. The second-order valence-corrected chi connectivity index (χ2v) is 5.67. The average Bonchev–Trinajstić information content (AvgIpc) is 2.34. The van der Waals surface area contributed by atoms with E-state index in [1.807, 2.05) is 0 Å². The predicted octanol–water partition coefficient (Wildman–Crippen LogP) is 2.83. The van der Waals surface area contributed by atoms with E-state index in [1.165, 1.54) is 4.90 Å². The maximum Gasteiger partial charge on any atom is 0.414 e.